The molecule has 8 nitrogen and oxygen atoms in total. The third kappa shape index (κ3) is 2.62. The van der Waals surface area contributed by atoms with Crippen LogP contribution in [0.4, 0.5) is 5.69 Å². The first-order chi connectivity index (χ1) is 13.5. The second kappa shape index (κ2) is 6.13. The quantitative estimate of drug-likeness (QED) is 0.650. The number of hydrogen-bond acceptors (Lipinski definition) is 5. The van der Waals surface area contributed by atoms with E-state index in [-0.39, 0.29) is 30.6 Å². The van der Waals surface area contributed by atoms with Gasteiger partial charge in [-0.3, -0.25) is 29.4 Å². The van der Waals surface area contributed by atoms with Gasteiger partial charge in [-0.15, -0.1) is 0 Å². The maximum atomic E-state index is 13.5. The van der Waals surface area contributed by atoms with Crippen LogP contribution in [0.25, 0.3) is 0 Å². The van der Waals surface area contributed by atoms with Crippen molar-refractivity contribution in [2.24, 2.45) is 17.6 Å². The molecule has 154 valence electrons. The third-order valence-corrected chi connectivity index (χ3v) is 6.24. The fourth-order valence-electron chi connectivity index (χ4n) is 5.12. The Balaban J connectivity index is 1.88. The molecule has 4 N–H and O–H groups in total. The highest BCUT2D eigenvalue weighted by atomic mass is 16.2. The summed E-state index contributed by atoms with van der Waals surface area (Å²) in [7, 11) is 0. The van der Waals surface area contributed by atoms with Crippen molar-refractivity contribution in [1.82, 2.24) is 10.2 Å². The van der Waals surface area contributed by atoms with Crippen molar-refractivity contribution in [3.05, 3.63) is 29.3 Å². The predicted molar refractivity (Wildman–Crippen MR) is 105 cm³/mol. The first-order valence-electron chi connectivity index (χ1n) is 9.85. The van der Waals surface area contributed by atoms with Crippen LogP contribution in [0.3, 0.4) is 0 Å². The topological polar surface area (TPSA) is 122 Å². The lowest BCUT2D eigenvalue weighted by atomic mass is 9.76. The summed E-state index contributed by atoms with van der Waals surface area (Å²) in [5, 5.41) is 6.17. The van der Waals surface area contributed by atoms with Crippen molar-refractivity contribution < 1.29 is 19.2 Å². The van der Waals surface area contributed by atoms with E-state index in [0.717, 1.165) is 5.56 Å². The number of nitrogens with one attached hydrogen (secondary N) is 2. The van der Waals surface area contributed by atoms with Crippen LogP contribution in [0.5, 0.6) is 0 Å². The lowest BCUT2D eigenvalue weighted by molar-refractivity contribution is -0.148. The lowest BCUT2D eigenvalue weighted by Gasteiger charge is -2.34. The molecule has 1 aromatic rings. The monoisotopic (exact) mass is 398 g/mol. The minimum atomic E-state index is -1.33. The number of amides is 4. The summed E-state index contributed by atoms with van der Waals surface area (Å²) in [5.41, 5.74) is 5.54. The number of hydrogen-bond donors (Lipinski definition) is 3. The number of nitrogens with two attached hydrogens (primary N) is 1. The Labute approximate surface area is 169 Å². The number of imide groups is 1. The molecule has 2 saturated heterocycles. The lowest BCUT2D eigenvalue weighted by Crippen LogP contribution is -2.55. The largest absolute Gasteiger partial charge is 0.370 e. The smallest absolute Gasteiger partial charge is 0.250 e. The van der Waals surface area contributed by atoms with E-state index in [1.54, 1.807) is 20.8 Å². The Bertz CT molecular complexity index is 950. The van der Waals surface area contributed by atoms with Gasteiger partial charge in [0.1, 0.15) is 5.54 Å². The molecule has 0 aliphatic carbocycles. The molecule has 4 amide bonds. The van der Waals surface area contributed by atoms with E-state index in [2.05, 4.69) is 10.6 Å². The minimum Gasteiger partial charge on any atom is -0.370 e. The van der Waals surface area contributed by atoms with Gasteiger partial charge in [0.2, 0.25) is 23.6 Å². The molecule has 29 heavy (non-hydrogen) atoms. The summed E-state index contributed by atoms with van der Waals surface area (Å²) in [6.07, 6.45) is 0.347. The fourth-order valence-corrected chi connectivity index (χ4v) is 5.12. The molecule has 2 fully saturated rings. The predicted octanol–water partition coefficient (Wildman–Crippen LogP) is 0.779. The Hall–Kier alpha value is -2.74. The van der Waals surface area contributed by atoms with Gasteiger partial charge in [0.15, 0.2) is 0 Å². The third-order valence-electron chi connectivity index (χ3n) is 6.24. The van der Waals surface area contributed by atoms with Crippen LogP contribution in [-0.4, -0.2) is 40.1 Å². The zero-order valence-corrected chi connectivity index (χ0v) is 17.0. The van der Waals surface area contributed by atoms with Gasteiger partial charge in [0.25, 0.3) is 0 Å². The summed E-state index contributed by atoms with van der Waals surface area (Å²) >= 11 is 0. The van der Waals surface area contributed by atoms with Crippen molar-refractivity contribution in [3.63, 3.8) is 0 Å². The normalized spacial score (nSPS) is 30.7. The van der Waals surface area contributed by atoms with Gasteiger partial charge < -0.3 is 11.1 Å². The molecule has 0 radical (unpaired) electrons. The molecule has 4 rings (SSSR count). The zero-order chi connectivity index (χ0) is 21.3. The number of primary amides is 1. The maximum absolute atomic E-state index is 13.5. The summed E-state index contributed by atoms with van der Waals surface area (Å²) < 4.78 is 0. The number of nitrogens with zero attached hydrogens (tertiary/aromatic N) is 1. The van der Waals surface area contributed by atoms with Crippen molar-refractivity contribution in [2.75, 3.05) is 5.32 Å². The first-order valence-corrected chi connectivity index (χ1v) is 9.85. The van der Waals surface area contributed by atoms with Crippen LogP contribution in [0, 0.1) is 18.8 Å². The molecule has 4 atom stereocenters. The Morgan fingerprint density at radius 3 is 2.52 bits per heavy atom. The highest BCUT2D eigenvalue weighted by molar-refractivity contribution is 6.15. The van der Waals surface area contributed by atoms with E-state index >= 15 is 0 Å². The van der Waals surface area contributed by atoms with Gasteiger partial charge in [-0.05, 0) is 40.2 Å². The van der Waals surface area contributed by atoms with Crippen LogP contribution < -0.4 is 16.4 Å². The maximum Gasteiger partial charge on any atom is 0.250 e. The number of benzene rings is 1. The van der Waals surface area contributed by atoms with Gasteiger partial charge in [-0.25, -0.2) is 0 Å². The number of anilines is 1. The van der Waals surface area contributed by atoms with Gasteiger partial charge >= 0.3 is 0 Å². The molecule has 8 heteroatoms. The SMILES string of the molecule is Cc1ccc2c(c1)C1(NC(CCC(N)=O)C3C(=O)N(C(C)(C)C)C(=O)C31)C(=O)N2. The molecule has 4 unspecified atom stereocenters. The summed E-state index contributed by atoms with van der Waals surface area (Å²) in [6, 6.07) is 5.07. The molecule has 3 aliphatic heterocycles. The zero-order valence-electron chi connectivity index (χ0n) is 17.0. The summed E-state index contributed by atoms with van der Waals surface area (Å²) in [4.78, 5) is 52.8. The highest BCUT2D eigenvalue weighted by Crippen LogP contribution is 2.54. The van der Waals surface area contributed by atoms with E-state index in [0.29, 0.717) is 11.3 Å². The van der Waals surface area contributed by atoms with E-state index in [1.165, 1.54) is 4.90 Å². The molecule has 1 spiro atoms. The van der Waals surface area contributed by atoms with Crippen molar-refractivity contribution >= 4 is 29.3 Å². The molecular weight excluding hydrogens is 372 g/mol. The fraction of sp³-hybridized carbons (Fsp3) is 0.524. The van der Waals surface area contributed by atoms with Crippen molar-refractivity contribution in [3.8, 4) is 0 Å². The molecule has 0 aromatic heterocycles. The summed E-state index contributed by atoms with van der Waals surface area (Å²) in [5.74, 6) is -3.08. The average molecular weight is 398 g/mol. The van der Waals surface area contributed by atoms with E-state index in [9.17, 15) is 19.2 Å². The number of likely N-dealkylation sites (tertiary alicyclic amines) is 1. The van der Waals surface area contributed by atoms with Gasteiger partial charge in [0, 0.05) is 29.3 Å². The van der Waals surface area contributed by atoms with Gasteiger partial charge in [0.05, 0.1) is 11.8 Å². The number of carbonyl (C=O) groups is 4. The van der Waals surface area contributed by atoms with E-state index in [1.807, 2.05) is 25.1 Å². The molecule has 0 bridgehead atoms. The standard InChI is InChI=1S/C21H26N4O4/c1-10-5-6-12-11(9-10)21(19(29)23-12)16-15(13(24-21)7-8-14(22)26)17(27)25(18(16)28)20(2,3)4/h5-6,9,13,15-16,24H,7-8H2,1-4H3,(H2,22,26)(H,23,29). The number of rotatable bonds is 3. The number of fused-ring (bicyclic) bond motifs is 4. The molecular formula is C21H26N4O4. The molecule has 0 saturated carbocycles. The van der Waals surface area contributed by atoms with Gasteiger partial charge in [-0.1, -0.05) is 17.7 Å². The molecule has 3 heterocycles. The van der Waals surface area contributed by atoms with Crippen LogP contribution in [-0.2, 0) is 24.7 Å². The second-order valence-corrected chi connectivity index (χ2v) is 9.25. The van der Waals surface area contributed by atoms with Crippen LogP contribution in [0.1, 0.15) is 44.7 Å². The molecule has 1 aromatic carbocycles. The van der Waals surface area contributed by atoms with E-state index in [4.69, 9.17) is 5.73 Å². The van der Waals surface area contributed by atoms with Crippen LogP contribution >= 0.6 is 0 Å². The number of carbonyl (C=O) groups excluding carboxylic acids is 4. The Morgan fingerprint density at radius 1 is 1.21 bits per heavy atom. The summed E-state index contributed by atoms with van der Waals surface area (Å²) in [6.45, 7) is 7.32. The highest BCUT2D eigenvalue weighted by Gasteiger charge is 2.71. The van der Waals surface area contributed by atoms with Crippen molar-refractivity contribution in [2.45, 2.75) is 57.7 Å². The first kappa shape index (κ1) is 19.6. The minimum absolute atomic E-state index is 0.0657. The number of aryl methyl sites for hydroxylation is 1. The Morgan fingerprint density at radius 2 is 1.90 bits per heavy atom. The van der Waals surface area contributed by atoms with E-state index < -0.39 is 34.9 Å². The Kier molecular flexibility index (Phi) is 4.13. The second-order valence-electron chi connectivity index (χ2n) is 9.25. The van der Waals surface area contributed by atoms with Crippen LogP contribution in [0.15, 0.2) is 18.2 Å². The molecule has 3 aliphatic rings. The van der Waals surface area contributed by atoms with Crippen molar-refractivity contribution in [1.29, 1.82) is 0 Å². The van der Waals surface area contributed by atoms with Crippen LogP contribution in [0.2, 0.25) is 0 Å². The van der Waals surface area contributed by atoms with Gasteiger partial charge in [-0.2, -0.15) is 0 Å². The average Bonchev–Trinajstić information content (AvgIpc) is 3.18.